The fourth-order valence-corrected chi connectivity index (χ4v) is 4.57. The van der Waals surface area contributed by atoms with Gasteiger partial charge in [0.25, 0.3) is 5.91 Å². The number of halogens is 1. The van der Waals surface area contributed by atoms with Gasteiger partial charge in [-0.05, 0) is 30.2 Å². The first-order valence-electron chi connectivity index (χ1n) is 10.8. The summed E-state index contributed by atoms with van der Waals surface area (Å²) < 4.78 is 27.1. The number of nitrogens with zero attached hydrogens (tertiary/aromatic N) is 3. The van der Waals surface area contributed by atoms with Gasteiger partial charge in [-0.2, -0.15) is 0 Å². The van der Waals surface area contributed by atoms with Gasteiger partial charge in [0.2, 0.25) is 0 Å². The molecule has 0 saturated carbocycles. The van der Waals surface area contributed by atoms with E-state index in [1.165, 1.54) is 18.2 Å². The summed E-state index contributed by atoms with van der Waals surface area (Å²) in [5, 5.41) is 2.02. The molecule has 1 aromatic heterocycles. The second kappa shape index (κ2) is 8.37. The van der Waals surface area contributed by atoms with Gasteiger partial charge < -0.3 is 14.4 Å². The van der Waals surface area contributed by atoms with E-state index in [0.29, 0.717) is 36.8 Å². The maximum Gasteiger partial charge on any atom is 0.274 e. The molecule has 170 valence electrons. The number of carbonyl (C=O) groups excluding carboxylic acids is 1. The number of hydrogen-bond donors (Lipinski definition) is 0. The van der Waals surface area contributed by atoms with E-state index in [2.05, 4.69) is 0 Å². The second-order valence-electron chi connectivity index (χ2n) is 8.21. The van der Waals surface area contributed by atoms with Crippen LogP contribution in [0, 0.1) is 12.7 Å². The van der Waals surface area contributed by atoms with Crippen LogP contribution in [-0.4, -0.2) is 42.4 Å². The number of rotatable bonds is 4. The smallest absolute Gasteiger partial charge is 0.274 e. The number of hydrogen-bond acceptors (Lipinski definition) is 5. The highest BCUT2D eigenvalue weighted by atomic mass is 19.1. The highest BCUT2D eigenvalue weighted by molar-refractivity contribution is 5.95. The number of aromatic nitrogens is 1. The Morgan fingerprint density at radius 3 is 2.76 bits per heavy atom. The molecule has 5 rings (SSSR count). The number of pyridine rings is 1. The maximum atomic E-state index is 14.1. The average molecular weight is 449 g/mol. The standard InChI is InChI=1S/C25H24FN3O4/c1-16-21(30)9-10-28-23(16)25(31)27(11-12-32-2)15-29(28)24-19-6-4-3-5-17(19)14-33-22-13-18(26)7-8-20(22)24/h3-10,13,24H,11-12,14-15H2,1-2H3. The van der Waals surface area contributed by atoms with E-state index in [1.807, 2.05) is 29.3 Å². The lowest BCUT2D eigenvalue weighted by Gasteiger charge is -2.44. The van der Waals surface area contributed by atoms with E-state index in [9.17, 15) is 14.0 Å². The van der Waals surface area contributed by atoms with Crippen molar-refractivity contribution in [3.63, 3.8) is 0 Å². The Morgan fingerprint density at radius 1 is 1.12 bits per heavy atom. The largest absolute Gasteiger partial charge is 0.488 e. The molecule has 0 radical (unpaired) electrons. The van der Waals surface area contributed by atoms with Crippen LogP contribution in [0.15, 0.2) is 59.5 Å². The predicted molar refractivity (Wildman–Crippen MR) is 120 cm³/mol. The van der Waals surface area contributed by atoms with Crippen LogP contribution in [0.5, 0.6) is 5.75 Å². The number of methoxy groups -OCH3 is 1. The van der Waals surface area contributed by atoms with Crippen LogP contribution in [0.3, 0.4) is 0 Å². The fourth-order valence-electron chi connectivity index (χ4n) is 4.57. The van der Waals surface area contributed by atoms with Gasteiger partial charge in [0.1, 0.15) is 36.6 Å². The molecule has 0 bridgehead atoms. The van der Waals surface area contributed by atoms with Crippen molar-refractivity contribution in [2.24, 2.45) is 0 Å². The molecular formula is C25H24FN3O4. The molecule has 3 aromatic rings. The minimum Gasteiger partial charge on any atom is -0.488 e. The summed E-state index contributed by atoms with van der Waals surface area (Å²) in [6.07, 6.45) is 1.63. The fraction of sp³-hybridized carbons (Fsp3) is 0.280. The number of carbonyl (C=O) groups is 1. The third-order valence-electron chi connectivity index (χ3n) is 6.27. The summed E-state index contributed by atoms with van der Waals surface area (Å²) >= 11 is 0. The molecule has 8 heteroatoms. The third-order valence-corrected chi connectivity index (χ3v) is 6.27. The maximum absolute atomic E-state index is 14.1. The van der Waals surface area contributed by atoms with Crippen molar-refractivity contribution < 1.29 is 18.7 Å². The summed E-state index contributed by atoms with van der Waals surface area (Å²) in [5.74, 6) is -0.152. The molecule has 0 saturated heterocycles. The zero-order chi connectivity index (χ0) is 23.1. The average Bonchev–Trinajstić information content (AvgIpc) is 2.97. The Balaban J connectivity index is 1.74. The van der Waals surface area contributed by atoms with Crippen LogP contribution >= 0.6 is 0 Å². The summed E-state index contributed by atoms with van der Waals surface area (Å²) in [7, 11) is 1.58. The van der Waals surface area contributed by atoms with E-state index < -0.39 is 0 Å². The molecule has 7 nitrogen and oxygen atoms in total. The van der Waals surface area contributed by atoms with Gasteiger partial charge in [-0.15, -0.1) is 0 Å². The normalized spacial score (nSPS) is 17.1. The number of ether oxygens (including phenoxy) is 2. The quantitative estimate of drug-likeness (QED) is 0.613. The zero-order valence-corrected chi connectivity index (χ0v) is 18.5. The minimum atomic E-state index is -0.381. The molecule has 2 aliphatic heterocycles. The molecule has 0 fully saturated rings. The van der Waals surface area contributed by atoms with E-state index in [-0.39, 0.29) is 29.9 Å². The monoisotopic (exact) mass is 449 g/mol. The Kier molecular flexibility index (Phi) is 5.38. The van der Waals surface area contributed by atoms with Crippen LogP contribution in [0.1, 0.15) is 38.8 Å². The Hall–Kier alpha value is -3.65. The van der Waals surface area contributed by atoms with Crippen molar-refractivity contribution in [2.75, 3.05) is 31.9 Å². The first-order chi connectivity index (χ1) is 16.0. The lowest BCUT2D eigenvalue weighted by molar-refractivity contribution is 0.0618. The third kappa shape index (κ3) is 3.56. The Labute approximate surface area is 190 Å². The van der Waals surface area contributed by atoms with E-state index >= 15 is 0 Å². The first kappa shape index (κ1) is 21.2. The molecule has 0 spiro atoms. The lowest BCUT2D eigenvalue weighted by Crippen LogP contribution is -2.56. The first-order valence-corrected chi connectivity index (χ1v) is 10.8. The molecular weight excluding hydrogens is 425 g/mol. The Bertz CT molecular complexity index is 1290. The van der Waals surface area contributed by atoms with Crippen molar-refractivity contribution in [1.82, 2.24) is 9.58 Å². The van der Waals surface area contributed by atoms with E-state index in [4.69, 9.17) is 9.47 Å². The van der Waals surface area contributed by atoms with Crippen LogP contribution < -0.4 is 15.2 Å². The highest BCUT2D eigenvalue weighted by Crippen LogP contribution is 2.40. The van der Waals surface area contributed by atoms with E-state index in [1.54, 1.807) is 35.9 Å². The minimum absolute atomic E-state index is 0.199. The summed E-state index contributed by atoms with van der Waals surface area (Å²) in [6, 6.07) is 13.5. The summed E-state index contributed by atoms with van der Waals surface area (Å²) in [6.45, 7) is 2.96. The van der Waals surface area contributed by atoms with Gasteiger partial charge in [0, 0.05) is 43.1 Å². The van der Waals surface area contributed by atoms with Crippen molar-refractivity contribution >= 4 is 5.91 Å². The van der Waals surface area contributed by atoms with Crippen LogP contribution in [-0.2, 0) is 11.3 Å². The molecule has 0 aliphatic carbocycles. The van der Waals surface area contributed by atoms with Crippen molar-refractivity contribution in [1.29, 1.82) is 0 Å². The summed E-state index contributed by atoms with van der Waals surface area (Å²) in [4.78, 5) is 27.4. The van der Waals surface area contributed by atoms with Crippen LogP contribution in [0.4, 0.5) is 4.39 Å². The van der Waals surface area contributed by atoms with Crippen LogP contribution in [0.25, 0.3) is 0 Å². The SMILES string of the molecule is COCCN1CN(C2c3ccccc3COc3cc(F)ccc32)n2ccc(=O)c(C)c2C1=O. The van der Waals surface area contributed by atoms with Crippen molar-refractivity contribution in [3.05, 3.63) is 98.7 Å². The van der Waals surface area contributed by atoms with E-state index in [0.717, 1.165) is 16.7 Å². The van der Waals surface area contributed by atoms with Gasteiger partial charge in [-0.25, -0.2) is 4.39 Å². The molecule has 33 heavy (non-hydrogen) atoms. The number of benzene rings is 2. The molecule has 2 aliphatic rings. The predicted octanol–water partition coefficient (Wildman–Crippen LogP) is 2.98. The van der Waals surface area contributed by atoms with Gasteiger partial charge in [-0.1, -0.05) is 24.3 Å². The zero-order valence-electron chi connectivity index (χ0n) is 18.5. The molecule has 3 heterocycles. The van der Waals surface area contributed by atoms with Crippen LogP contribution in [0.2, 0.25) is 0 Å². The van der Waals surface area contributed by atoms with Gasteiger partial charge in [-0.3, -0.25) is 19.3 Å². The Morgan fingerprint density at radius 2 is 1.94 bits per heavy atom. The second-order valence-corrected chi connectivity index (χ2v) is 8.21. The molecule has 1 amide bonds. The molecule has 1 unspecified atom stereocenters. The van der Waals surface area contributed by atoms with Crippen molar-refractivity contribution in [2.45, 2.75) is 19.6 Å². The van der Waals surface area contributed by atoms with Crippen molar-refractivity contribution in [3.8, 4) is 5.75 Å². The van der Waals surface area contributed by atoms with Gasteiger partial charge in [0.15, 0.2) is 5.43 Å². The lowest BCUT2D eigenvalue weighted by atomic mass is 9.94. The molecule has 0 N–H and O–H groups in total. The topological polar surface area (TPSA) is 64.0 Å². The summed E-state index contributed by atoms with van der Waals surface area (Å²) in [5.41, 5.74) is 3.24. The van der Waals surface area contributed by atoms with Gasteiger partial charge >= 0.3 is 0 Å². The molecule has 2 aromatic carbocycles. The number of fused-ring (bicyclic) bond motifs is 3. The van der Waals surface area contributed by atoms with Gasteiger partial charge in [0.05, 0.1) is 6.61 Å². The molecule has 1 atom stereocenters. The number of amides is 1. The highest BCUT2D eigenvalue weighted by Gasteiger charge is 2.38.